The Hall–Kier alpha value is -1.24. The fraction of sp³-hybridized carbons (Fsp3) is 0.727. The van der Waals surface area contributed by atoms with Gasteiger partial charge >= 0.3 is 5.97 Å². The Morgan fingerprint density at radius 1 is 1.22 bits per heavy atom. The molecule has 0 aromatic rings. The molecule has 0 rings (SSSR count). The summed E-state index contributed by atoms with van der Waals surface area (Å²) in [6.45, 7) is 7.13. The molecule has 0 fully saturated rings. The van der Waals surface area contributed by atoms with Gasteiger partial charge in [-0.15, -0.1) is 11.8 Å². The van der Waals surface area contributed by atoms with E-state index in [9.17, 15) is 14.4 Å². The average molecular weight is 276 g/mol. The minimum atomic E-state index is -0.966. The molecule has 1 atom stereocenters. The highest BCUT2D eigenvalue weighted by Crippen LogP contribution is 2.01. The number of carboxylic acids is 1. The number of rotatable bonds is 6. The molecule has 0 aromatic heterocycles. The summed E-state index contributed by atoms with van der Waals surface area (Å²) in [5.74, 6) is -1.68. The lowest BCUT2D eigenvalue weighted by atomic mass is 10.1. The zero-order chi connectivity index (χ0) is 14.3. The van der Waals surface area contributed by atoms with Gasteiger partial charge in [-0.1, -0.05) is 0 Å². The van der Waals surface area contributed by atoms with Crippen LogP contribution in [0.2, 0.25) is 0 Å². The number of amides is 2. The van der Waals surface area contributed by atoms with E-state index in [1.165, 1.54) is 0 Å². The predicted molar refractivity (Wildman–Crippen MR) is 70.5 cm³/mol. The van der Waals surface area contributed by atoms with E-state index < -0.39 is 12.0 Å². The summed E-state index contributed by atoms with van der Waals surface area (Å²) in [6.07, 6.45) is 0. The van der Waals surface area contributed by atoms with Crippen molar-refractivity contribution in [1.82, 2.24) is 10.6 Å². The van der Waals surface area contributed by atoms with Crippen molar-refractivity contribution >= 4 is 29.5 Å². The van der Waals surface area contributed by atoms with E-state index in [1.807, 2.05) is 20.8 Å². The summed E-state index contributed by atoms with van der Waals surface area (Å²) >= 11 is 0.993. The molecule has 0 heterocycles. The van der Waals surface area contributed by atoms with E-state index in [0.717, 1.165) is 11.8 Å². The van der Waals surface area contributed by atoms with E-state index in [2.05, 4.69) is 10.6 Å². The Kier molecular flexibility index (Phi) is 6.75. The predicted octanol–water partition coefficient (Wildman–Crippen LogP) is 0.224. The molecule has 0 saturated carbocycles. The lowest BCUT2D eigenvalue weighted by Crippen LogP contribution is -2.51. The molecule has 0 spiro atoms. The lowest BCUT2D eigenvalue weighted by Gasteiger charge is -2.23. The van der Waals surface area contributed by atoms with Crippen LogP contribution in [-0.4, -0.2) is 46.0 Å². The number of thioether (sulfide) groups is 1. The molecule has 0 aliphatic rings. The SMILES string of the molecule is CC(NC(=O)CSCC(=O)O)C(=O)NC(C)(C)C. The fourth-order valence-corrected chi connectivity index (χ4v) is 1.60. The average Bonchev–Trinajstić information content (AvgIpc) is 2.13. The van der Waals surface area contributed by atoms with Gasteiger partial charge in [0.2, 0.25) is 11.8 Å². The number of aliphatic carboxylic acids is 1. The van der Waals surface area contributed by atoms with Crippen molar-refractivity contribution in [3.05, 3.63) is 0 Å². The van der Waals surface area contributed by atoms with Crippen LogP contribution in [0.5, 0.6) is 0 Å². The Morgan fingerprint density at radius 3 is 2.22 bits per heavy atom. The van der Waals surface area contributed by atoms with Crippen LogP contribution >= 0.6 is 11.8 Å². The summed E-state index contributed by atoms with van der Waals surface area (Å²) in [4.78, 5) is 33.3. The highest BCUT2D eigenvalue weighted by molar-refractivity contribution is 8.00. The van der Waals surface area contributed by atoms with Gasteiger partial charge in [-0.3, -0.25) is 14.4 Å². The van der Waals surface area contributed by atoms with Gasteiger partial charge in [0.25, 0.3) is 0 Å². The Bertz CT molecular complexity index is 325. The van der Waals surface area contributed by atoms with Crippen LogP contribution < -0.4 is 10.6 Å². The van der Waals surface area contributed by atoms with Crippen LogP contribution in [-0.2, 0) is 14.4 Å². The van der Waals surface area contributed by atoms with Crippen LogP contribution in [0.15, 0.2) is 0 Å². The largest absolute Gasteiger partial charge is 0.481 e. The Balaban J connectivity index is 4.00. The topological polar surface area (TPSA) is 95.5 Å². The maximum Gasteiger partial charge on any atom is 0.313 e. The van der Waals surface area contributed by atoms with Crippen molar-refractivity contribution in [2.75, 3.05) is 11.5 Å². The number of carboxylic acid groups (broad SMARTS) is 1. The standard InChI is InChI=1S/C11H20N2O4S/c1-7(10(17)13-11(2,3)4)12-8(14)5-18-6-9(15)16/h7H,5-6H2,1-4H3,(H,12,14)(H,13,17)(H,15,16). The maximum absolute atomic E-state index is 11.6. The smallest absolute Gasteiger partial charge is 0.313 e. The molecule has 0 aliphatic carbocycles. The first-order valence-electron chi connectivity index (χ1n) is 5.53. The first-order chi connectivity index (χ1) is 8.11. The summed E-state index contributed by atoms with van der Waals surface area (Å²) in [5.41, 5.74) is -0.353. The van der Waals surface area contributed by atoms with Crippen molar-refractivity contribution in [2.45, 2.75) is 39.3 Å². The van der Waals surface area contributed by atoms with Crippen molar-refractivity contribution in [1.29, 1.82) is 0 Å². The molecule has 0 bridgehead atoms. The number of nitrogens with one attached hydrogen (secondary N) is 2. The van der Waals surface area contributed by atoms with Gasteiger partial charge in [-0.2, -0.15) is 0 Å². The lowest BCUT2D eigenvalue weighted by molar-refractivity contribution is -0.134. The zero-order valence-corrected chi connectivity index (χ0v) is 11.9. The van der Waals surface area contributed by atoms with Crippen LogP contribution in [0.3, 0.4) is 0 Å². The number of hydrogen-bond acceptors (Lipinski definition) is 4. The third kappa shape index (κ3) is 8.86. The number of carbonyl (C=O) groups is 3. The first-order valence-corrected chi connectivity index (χ1v) is 6.68. The first kappa shape index (κ1) is 16.8. The van der Waals surface area contributed by atoms with Crippen molar-refractivity contribution < 1.29 is 19.5 Å². The molecule has 18 heavy (non-hydrogen) atoms. The minimum Gasteiger partial charge on any atom is -0.481 e. The van der Waals surface area contributed by atoms with Crippen LogP contribution in [0.25, 0.3) is 0 Å². The van der Waals surface area contributed by atoms with E-state index in [0.29, 0.717) is 0 Å². The van der Waals surface area contributed by atoms with E-state index in [-0.39, 0.29) is 28.9 Å². The van der Waals surface area contributed by atoms with Crippen LogP contribution in [0, 0.1) is 0 Å². The molecule has 104 valence electrons. The van der Waals surface area contributed by atoms with Gasteiger partial charge in [-0.05, 0) is 27.7 Å². The molecule has 7 heteroatoms. The van der Waals surface area contributed by atoms with Gasteiger partial charge in [0.15, 0.2) is 0 Å². The summed E-state index contributed by atoms with van der Waals surface area (Å²) in [6, 6.07) is -0.637. The molecule has 1 unspecified atom stereocenters. The maximum atomic E-state index is 11.6. The van der Waals surface area contributed by atoms with Crippen LogP contribution in [0.1, 0.15) is 27.7 Å². The molecule has 0 radical (unpaired) electrons. The molecular weight excluding hydrogens is 256 g/mol. The summed E-state index contributed by atoms with van der Waals surface area (Å²) in [7, 11) is 0. The fourth-order valence-electron chi connectivity index (χ4n) is 1.06. The normalized spacial score (nSPS) is 12.7. The summed E-state index contributed by atoms with van der Waals surface area (Å²) in [5, 5.41) is 13.7. The molecular formula is C11H20N2O4S. The van der Waals surface area contributed by atoms with E-state index in [1.54, 1.807) is 6.92 Å². The Labute approximate surface area is 111 Å². The van der Waals surface area contributed by atoms with Crippen molar-refractivity contribution in [3.63, 3.8) is 0 Å². The second-order valence-corrected chi connectivity index (χ2v) is 5.90. The molecule has 6 nitrogen and oxygen atoms in total. The van der Waals surface area contributed by atoms with Gasteiger partial charge in [0, 0.05) is 5.54 Å². The molecule has 2 amide bonds. The highest BCUT2D eigenvalue weighted by atomic mass is 32.2. The molecule has 0 aliphatic heterocycles. The van der Waals surface area contributed by atoms with Gasteiger partial charge in [0.1, 0.15) is 6.04 Å². The zero-order valence-electron chi connectivity index (χ0n) is 11.1. The number of hydrogen-bond donors (Lipinski definition) is 3. The highest BCUT2D eigenvalue weighted by Gasteiger charge is 2.20. The van der Waals surface area contributed by atoms with Crippen molar-refractivity contribution in [2.24, 2.45) is 0 Å². The van der Waals surface area contributed by atoms with E-state index in [4.69, 9.17) is 5.11 Å². The second kappa shape index (κ2) is 7.25. The minimum absolute atomic E-state index is 0.0272. The van der Waals surface area contributed by atoms with Gasteiger partial charge in [-0.25, -0.2) is 0 Å². The molecule has 0 saturated heterocycles. The summed E-state index contributed by atoms with van der Waals surface area (Å²) < 4.78 is 0. The number of carbonyl (C=O) groups excluding carboxylic acids is 2. The Morgan fingerprint density at radius 2 is 1.78 bits per heavy atom. The van der Waals surface area contributed by atoms with E-state index >= 15 is 0 Å². The van der Waals surface area contributed by atoms with Gasteiger partial charge in [0.05, 0.1) is 11.5 Å². The third-order valence-electron chi connectivity index (χ3n) is 1.73. The third-order valence-corrected chi connectivity index (χ3v) is 2.65. The molecule has 3 N–H and O–H groups in total. The second-order valence-electron chi connectivity index (χ2n) is 4.91. The van der Waals surface area contributed by atoms with Crippen LogP contribution in [0.4, 0.5) is 0 Å². The van der Waals surface area contributed by atoms with Gasteiger partial charge < -0.3 is 15.7 Å². The monoisotopic (exact) mass is 276 g/mol. The molecule has 0 aromatic carbocycles. The van der Waals surface area contributed by atoms with Crippen molar-refractivity contribution in [3.8, 4) is 0 Å². The quantitative estimate of drug-likeness (QED) is 0.645.